The van der Waals surface area contributed by atoms with Gasteiger partial charge in [-0.05, 0) is 81.6 Å². The summed E-state index contributed by atoms with van der Waals surface area (Å²) in [5, 5.41) is 45.7. The van der Waals surface area contributed by atoms with Crippen LogP contribution in [-0.4, -0.2) is 100 Å². The SMILES string of the molecule is CN(C)c1c(CN(CC2CC2)C2CCC2)cc(O)c2c1C[C@H]1C[C@H]3[C@H](N(C)C)C(O)=C(C(N)=O)C(=O)[C@@]3(O)C(O)=C1C2=O. The van der Waals surface area contributed by atoms with Gasteiger partial charge in [0.05, 0.1) is 11.6 Å². The van der Waals surface area contributed by atoms with Crippen LogP contribution in [0.2, 0.25) is 0 Å². The molecular weight excluding hydrogens is 552 g/mol. The Balaban J connectivity index is 1.46. The zero-order valence-corrected chi connectivity index (χ0v) is 25.3. The molecule has 5 aliphatic rings. The summed E-state index contributed by atoms with van der Waals surface area (Å²) >= 11 is 0. The number of phenolic OH excluding ortho intramolecular Hbond substituents is 1. The minimum atomic E-state index is -2.64. The van der Waals surface area contributed by atoms with Gasteiger partial charge < -0.3 is 31.1 Å². The van der Waals surface area contributed by atoms with E-state index in [-0.39, 0.29) is 29.7 Å². The van der Waals surface area contributed by atoms with Crippen molar-refractivity contribution in [2.45, 2.75) is 69.2 Å². The molecule has 0 aromatic heterocycles. The Morgan fingerprint density at radius 3 is 2.28 bits per heavy atom. The molecule has 1 aromatic carbocycles. The molecule has 1 amide bonds. The number of carbonyl (C=O) groups excluding carboxylic acids is 3. The van der Waals surface area contributed by atoms with Crippen LogP contribution in [0.25, 0.3) is 0 Å². The van der Waals surface area contributed by atoms with Crippen LogP contribution in [0.15, 0.2) is 28.7 Å². The Morgan fingerprint density at radius 1 is 1.07 bits per heavy atom. The number of Topliss-reactive ketones (excluding diaryl/α,β-unsaturated/α-hetero) is 2. The fourth-order valence-electron chi connectivity index (χ4n) is 8.00. The van der Waals surface area contributed by atoms with Gasteiger partial charge >= 0.3 is 0 Å². The lowest BCUT2D eigenvalue weighted by molar-refractivity contribution is -0.148. The Kier molecular flexibility index (Phi) is 7.14. The summed E-state index contributed by atoms with van der Waals surface area (Å²) in [7, 11) is 7.07. The Hall–Kier alpha value is -3.41. The third-order valence-corrected chi connectivity index (χ3v) is 10.4. The molecule has 0 aliphatic heterocycles. The van der Waals surface area contributed by atoms with Crippen molar-refractivity contribution in [3.8, 4) is 5.75 Å². The molecule has 0 bridgehead atoms. The number of hydrogen-bond donors (Lipinski definition) is 5. The number of fused-ring (bicyclic) bond motifs is 3. The van der Waals surface area contributed by atoms with E-state index in [1.165, 1.54) is 19.3 Å². The van der Waals surface area contributed by atoms with Crippen LogP contribution < -0.4 is 10.6 Å². The maximum Gasteiger partial charge on any atom is 0.255 e. The van der Waals surface area contributed by atoms with E-state index < -0.39 is 58.0 Å². The Bertz CT molecular complexity index is 1470. The highest BCUT2D eigenvalue weighted by atomic mass is 16.3. The molecule has 1 aromatic rings. The van der Waals surface area contributed by atoms with Gasteiger partial charge in [-0.1, -0.05) is 6.42 Å². The zero-order valence-electron chi connectivity index (χ0n) is 25.3. The van der Waals surface area contributed by atoms with Gasteiger partial charge in [-0.15, -0.1) is 0 Å². The van der Waals surface area contributed by atoms with Crippen molar-refractivity contribution < 1.29 is 34.8 Å². The van der Waals surface area contributed by atoms with Gasteiger partial charge in [0, 0.05) is 50.4 Å². The van der Waals surface area contributed by atoms with Crippen LogP contribution in [0.5, 0.6) is 5.75 Å². The lowest BCUT2D eigenvalue weighted by atomic mass is 9.58. The van der Waals surface area contributed by atoms with Crippen molar-refractivity contribution in [2.75, 3.05) is 39.6 Å². The number of hydrogen-bond acceptors (Lipinski definition) is 10. The predicted molar refractivity (Wildman–Crippen MR) is 159 cm³/mol. The largest absolute Gasteiger partial charge is 0.510 e. The second-order valence-corrected chi connectivity index (χ2v) is 13.6. The highest BCUT2D eigenvalue weighted by molar-refractivity contribution is 6.24. The van der Waals surface area contributed by atoms with Crippen molar-refractivity contribution in [2.24, 2.45) is 23.5 Å². The number of amides is 1. The number of nitrogens with two attached hydrogens (primary N) is 1. The van der Waals surface area contributed by atoms with Crippen LogP contribution in [0.1, 0.15) is 60.0 Å². The summed E-state index contributed by atoms with van der Waals surface area (Å²) in [5.74, 6) is -5.70. The number of primary amides is 1. The normalized spacial score (nSPS) is 29.0. The number of anilines is 1. The lowest BCUT2D eigenvalue weighted by Crippen LogP contribution is -2.63. The summed E-state index contributed by atoms with van der Waals surface area (Å²) in [6.45, 7) is 1.67. The summed E-state index contributed by atoms with van der Waals surface area (Å²) in [4.78, 5) is 45.9. The first kappa shape index (κ1) is 29.7. The molecule has 0 unspecified atom stereocenters. The van der Waals surface area contributed by atoms with E-state index in [9.17, 15) is 34.8 Å². The number of aromatic hydroxyl groups is 1. The van der Waals surface area contributed by atoms with Gasteiger partial charge in [-0.2, -0.15) is 0 Å². The van der Waals surface area contributed by atoms with Gasteiger partial charge in [-0.25, -0.2) is 0 Å². The molecule has 232 valence electrons. The number of nitrogens with zero attached hydrogens (tertiary/aromatic N) is 3. The van der Waals surface area contributed by atoms with Crippen molar-refractivity contribution in [1.29, 1.82) is 0 Å². The average molecular weight is 595 g/mol. The Morgan fingerprint density at radius 2 is 1.74 bits per heavy atom. The predicted octanol–water partition coefficient (Wildman–Crippen LogP) is 1.95. The third-order valence-electron chi connectivity index (χ3n) is 10.4. The maximum atomic E-state index is 14.1. The number of ketones is 2. The van der Waals surface area contributed by atoms with Crippen LogP contribution >= 0.6 is 0 Å². The minimum Gasteiger partial charge on any atom is -0.510 e. The molecule has 0 saturated heterocycles. The maximum absolute atomic E-state index is 14.1. The lowest BCUT2D eigenvalue weighted by Gasteiger charge is -2.50. The highest BCUT2D eigenvalue weighted by Crippen LogP contribution is 2.53. The zero-order chi connectivity index (χ0) is 31.1. The number of phenols is 1. The number of aliphatic hydroxyl groups excluding tert-OH is 2. The molecule has 6 rings (SSSR count). The van der Waals surface area contributed by atoms with E-state index in [2.05, 4.69) is 4.90 Å². The summed E-state index contributed by atoms with van der Waals surface area (Å²) in [6.07, 6.45) is 6.35. The number of allylic oxidation sites excluding steroid dienone is 1. The standard InChI is InChI=1S/C32H42N4O7/c1-34(2)25-17(14-36(13-15-8-9-15)18-6-5-7-18)12-21(37)23-19(25)10-16-11-20-26(35(3)4)28(39)24(31(33)42)30(41)32(20,43)29(40)22(16)27(23)38/h12,15-16,18,20,26,37,39-40,43H,5-11,13-14H2,1-4H3,(H2,33,42)/t16-,20-,26-,32-/m0/s1. The van der Waals surface area contributed by atoms with Crippen LogP contribution in [0.4, 0.5) is 5.69 Å². The van der Waals surface area contributed by atoms with Crippen molar-refractivity contribution in [3.05, 3.63) is 45.4 Å². The molecule has 0 radical (unpaired) electrons. The molecule has 4 atom stereocenters. The van der Waals surface area contributed by atoms with E-state index >= 15 is 0 Å². The first-order chi connectivity index (χ1) is 20.3. The van der Waals surface area contributed by atoms with Crippen molar-refractivity contribution in [1.82, 2.24) is 9.80 Å². The molecule has 43 heavy (non-hydrogen) atoms. The number of carbonyl (C=O) groups is 3. The van der Waals surface area contributed by atoms with E-state index in [0.717, 1.165) is 30.6 Å². The summed E-state index contributed by atoms with van der Waals surface area (Å²) in [6, 6.07) is 1.13. The quantitative estimate of drug-likeness (QED) is 0.281. The molecule has 2 saturated carbocycles. The summed E-state index contributed by atoms with van der Waals surface area (Å²) in [5.41, 5.74) is 4.32. The van der Waals surface area contributed by atoms with Gasteiger partial charge in [0.15, 0.2) is 11.4 Å². The van der Waals surface area contributed by atoms with E-state index in [1.807, 2.05) is 19.0 Å². The monoisotopic (exact) mass is 594 g/mol. The van der Waals surface area contributed by atoms with Crippen LogP contribution in [0.3, 0.4) is 0 Å². The molecular formula is C32H42N4O7. The highest BCUT2D eigenvalue weighted by Gasteiger charge is 2.63. The topological polar surface area (TPSA) is 168 Å². The van der Waals surface area contributed by atoms with Gasteiger partial charge in [0.25, 0.3) is 5.91 Å². The second-order valence-electron chi connectivity index (χ2n) is 13.6. The average Bonchev–Trinajstić information content (AvgIpc) is 3.68. The van der Waals surface area contributed by atoms with Crippen molar-refractivity contribution in [3.63, 3.8) is 0 Å². The molecule has 11 nitrogen and oxygen atoms in total. The fraction of sp³-hybridized carbons (Fsp3) is 0.594. The number of likely N-dealkylation sites (N-methyl/N-ethyl adjacent to an activating group) is 1. The first-order valence-corrected chi connectivity index (χ1v) is 15.2. The fourth-order valence-corrected chi connectivity index (χ4v) is 8.00. The second kappa shape index (κ2) is 10.3. The minimum absolute atomic E-state index is 0.0469. The van der Waals surface area contributed by atoms with Gasteiger partial charge in [0.2, 0.25) is 5.78 Å². The molecule has 0 heterocycles. The van der Waals surface area contributed by atoms with Gasteiger partial charge in [-0.3, -0.25) is 24.2 Å². The molecule has 0 spiro atoms. The van der Waals surface area contributed by atoms with E-state index in [1.54, 1.807) is 25.1 Å². The first-order valence-electron chi connectivity index (χ1n) is 15.2. The van der Waals surface area contributed by atoms with Crippen LogP contribution in [-0.2, 0) is 22.6 Å². The molecule has 11 heteroatoms. The molecule has 2 fully saturated rings. The number of aliphatic hydroxyl groups is 3. The molecule has 5 aliphatic carbocycles. The number of benzene rings is 1. The van der Waals surface area contributed by atoms with E-state index in [0.29, 0.717) is 24.1 Å². The summed E-state index contributed by atoms with van der Waals surface area (Å²) < 4.78 is 0. The smallest absolute Gasteiger partial charge is 0.255 e. The van der Waals surface area contributed by atoms with Gasteiger partial charge in [0.1, 0.15) is 22.8 Å². The number of rotatable bonds is 8. The third kappa shape index (κ3) is 4.46. The molecule has 6 N–H and O–H groups in total. The Labute approximate surface area is 251 Å². The van der Waals surface area contributed by atoms with Crippen LogP contribution in [0, 0.1) is 17.8 Å². The van der Waals surface area contributed by atoms with Crippen molar-refractivity contribution >= 4 is 23.2 Å². The van der Waals surface area contributed by atoms with E-state index in [4.69, 9.17) is 5.73 Å².